The first-order valence-electron chi connectivity index (χ1n) is 6.92. The Kier molecular flexibility index (Phi) is 3.59. The van der Waals surface area contributed by atoms with Gasteiger partial charge in [-0.3, -0.25) is 4.72 Å². The maximum atomic E-state index is 12.2. The largest absolute Gasteiger partial charge is 0.374 e. The van der Waals surface area contributed by atoms with Crippen LogP contribution in [0.25, 0.3) is 0 Å². The van der Waals surface area contributed by atoms with E-state index in [2.05, 4.69) is 9.62 Å². The zero-order chi connectivity index (χ0) is 14.9. The first-order valence-corrected chi connectivity index (χ1v) is 8.57. The lowest BCUT2D eigenvalue weighted by atomic mass is 10.1. The van der Waals surface area contributed by atoms with Crippen molar-refractivity contribution in [3.05, 3.63) is 59.7 Å². The second kappa shape index (κ2) is 5.41. The van der Waals surface area contributed by atoms with Gasteiger partial charge in [-0.15, -0.1) is 0 Å². The summed E-state index contributed by atoms with van der Waals surface area (Å²) >= 11 is 0. The highest BCUT2D eigenvalue weighted by Crippen LogP contribution is 2.30. The Balaban J connectivity index is 1.78. The summed E-state index contributed by atoms with van der Waals surface area (Å²) in [5.74, 6) is -0.0131. The molecule has 4 nitrogen and oxygen atoms in total. The van der Waals surface area contributed by atoms with Gasteiger partial charge in [-0.05, 0) is 29.7 Å². The third-order valence-corrected chi connectivity index (χ3v) is 4.95. The van der Waals surface area contributed by atoms with Crippen LogP contribution in [0.15, 0.2) is 48.5 Å². The van der Waals surface area contributed by atoms with E-state index in [-0.39, 0.29) is 5.75 Å². The second-order valence-electron chi connectivity index (χ2n) is 5.36. The topological polar surface area (TPSA) is 49.4 Å². The van der Waals surface area contributed by atoms with Crippen molar-refractivity contribution in [3.8, 4) is 0 Å². The van der Waals surface area contributed by atoms with Crippen molar-refractivity contribution in [1.29, 1.82) is 0 Å². The second-order valence-corrected chi connectivity index (χ2v) is 7.08. The zero-order valence-electron chi connectivity index (χ0n) is 11.9. The van der Waals surface area contributed by atoms with E-state index in [0.29, 0.717) is 5.69 Å². The molecule has 0 fully saturated rings. The van der Waals surface area contributed by atoms with Gasteiger partial charge in [-0.2, -0.15) is 0 Å². The predicted octanol–water partition coefficient (Wildman–Crippen LogP) is 2.62. The molecular formula is C16H18N2O2S. The summed E-state index contributed by atoms with van der Waals surface area (Å²) in [6.07, 6.45) is 1.02. The molecule has 1 N–H and O–H groups in total. The van der Waals surface area contributed by atoms with E-state index >= 15 is 0 Å². The molecule has 0 aliphatic carbocycles. The molecule has 1 aliphatic heterocycles. The molecule has 0 saturated carbocycles. The van der Waals surface area contributed by atoms with Crippen LogP contribution in [0.3, 0.4) is 0 Å². The normalized spacial score (nSPS) is 14.0. The minimum atomic E-state index is -3.39. The molecule has 2 aromatic rings. The number of hydrogen-bond acceptors (Lipinski definition) is 3. The molecule has 0 unspecified atom stereocenters. The maximum Gasteiger partial charge on any atom is 0.236 e. The van der Waals surface area contributed by atoms with Crippen molar-refractivity contribution in [2.75, 3.05) is 23.2 Å². The summed E-state index contributed by atoms with van der Waals surface area (Å²) in [4.78, 5) is 2.14. The number of likely N-dealkylation sites (N-methyl/N-ethyl adjacent to an activating group) is 1. The standard InChI is InChI=1S/C16H18N2O2S/c1-18-10-9-14-7-8-15(11-16(14)18)17-21(19,20)12-13-5-3-2-4-6-13/h2-8,11,17H,9-10,12H2,1H3. The van der Waals surface area contributed by atoms with Gasteiger partial charge in [0, 0.05) is 19.3 Å². The lowest BCUT2D eigenvalue weighted by Crippen LogP contribution is -2.16. The number of nitrogens with zero attached hydrogens (tertiary/aromatic N) is 1. The van der Waals surface area contributed by atoms with Gasteiger partial charge in [-0.25, -0.2) is 8.42 Å². The Labute approximate surface area is 125 Å². The van der Waals surface area contributed by atoms with Crippen LogP contribution in [0.1, 0.15) is 11.1 Å². The Morgan fingerprint density at radius 2 is 1.90 bits per heavy atom. The van der Waals surface area contributed by atoms with Crippen LogP contribution in [-0.4, -0.2) is 22.0 Å². The maximum absolute atomic E-state index is 12.2. The zero-order valence-corrected chi connectivity index (χ0v) is 12.7. The van der Waals surface area contributed by atoms with E-state index in [0.717, 1.165) is 24.2 Å². The minimum Gasteiger partial charge on any atom is -0.374 e. The van der Waals surface area contributed by atoms with Gasteiger partial charge in [0.1, 0.15) is 0 Å². The highest BCUT2D eigenvalue weighted by Gasteiger charge is 2.17. The number of sulfonamides is 1. The van der Waals surface area contributed by atoms with Gasteiger partial charge >= 0.3 is 0 Å². The summed E-state index contributed by atoms with van der Waals surface area (Å²) in [5.41, 5.74) is 3.78. The summed E-state index contributed by atoms with van der Waals surface area (Å²) < 4.78 is 27.1. The van der Waals surface area contributed by atoms with Crippen LogP contribution in [0.4, 0.5) is 11.4 Å². The van der Waals surface area contributed by atoms with E-state index in [9.17, 15) is 8.42 Å². The number of hydrogen-bond donors (Lipinski definition) is 1. The fourth-order valence-electron chi connectivity index (χ4n) is 2.61. The third kappa shape index (κ3) is 3.19. The van der Waals surface area contributed by atoms with Crippen LogP contribution >= 0.6 is 0 Å². The number of benzene rings is 2. The summed E-state index contributed by atoms with van der Waals surface area (Å²) in [7, 11) is -1.37. The van der Waals surface area contributed by atoms with Crippen LogP contribution < -0.4 is 9.62 Å². The molecule has 0 amide bonds. The molecule has 3 rings (SSSR count). The van der Waals surface area contributed by atoms with Crippen molar-refractivity contribution in [3.63, 3.8) is 0 Å². The first-order chi connectivity index (χ1) is 10.0. The van der Waals surface area contributed by atoms with Crippen molar-refractivity contribution >= 4 is 21.4 Å². The molecule has 2 aromatic carbocycles. The highest BCUT2D eigenvalue weighted by atomic mass is 32.2. The number of rotatable bonds is 4. The van der Waals surface area contributed by atoms with Gasteiger partial charge < -0.3 is 4.90 Å². The van der Waals surface area contributed by atoms with Gasteiger partial charge in [0.05, 0.1) is 11.4 Å². The van der Waals surface area contributed by atoms with Gasteiger partial charge in [-0.1, -0.05) is 36.4 Å². The fourth-order valence-corrected chi connectivity index (χ4v) is 3.80. The Hall–Kier alpha value is -2.01. The molecule has 5 heteroatoms. The fraction of sp³-hybridized carbons (Fsp3) is 0.250. The molecule has 21 heavy (non-hydrogen) atoms. The average Bonchev–Trinajstić information content (AvgIpc) is 2.80. The Morgan fingerprint density at radius 1 is 1.14 bits per heavy atom. The first kappa shape index (κ1) is 13.9. The molecule has 1 aliphatic rings. The molecule has 110 valence electrons. The lowest BCUT2D eigenvalue weighted by molar-refractivity contribution is 0.600. The molecule has 0 bridgehead atoms. The SMILES string of the molecule is CN1CCc2ccc(NS(=O)(=O)Cc3ccccc3)cc21. The van der Waals surface area contributed by atoms with Crippen molar-refractivity contribution in [2.24, 2.45) is 0 Å². The molecule has 0 spiro atoms. The summed E-state index contributed by atoms with van der Waals surface area (Å²) in [5, 5.41) is 0. The molecular weight excluding hydrogens is 284 g/mol. The number of nitrogens with one attached hydrogen (secondary N) is 1. The number of fused-ring (bicyclic) bond motifs is 1. The van der Waals surface area contributed by atoms with Gasteiger partial charge in [0.15, 0.2) is 0 Å². The van der Waals surface area contributed by atoms with Gasteiger partial charge in [0.25, 0.3) is 0 Å². The van der Waals surface area contributed by atoms with E-state index in [1.165, 1.54) is 5.56 Å². The summed E-state index contributed by atoms with van der Waals surface area (Å²) in [6, 6.07) is 14.9. The van der Waals surface area contributed by atoms with Crippen molar-refractivity contribution in [1.82, 2.24) is 0 Å². The Morgan fingerprint density at radius 3 is 2.67 bits per heavy atom. The molecule has 1 heterocycles. The van der Waals surface area contributed by atoms with E-state index in [1.807, 2.05) is 55.6 Å². The monoisotopic (exact) mass is 302 g/mol. The Bertz CT molecular complexity index is 742. The van der Waals surface area contributed by atoms with Crippen molar-refractivity contribution in [2.45, 2.75) is 12.2 Å². The van der Waals surface area contributed by atoms with Gasteiger partial charge in [0.2, 0.25) is 10.0 Å². The smallest absolute Gasteiger partial charge is 0.236 e. The number of anilines is 2. The van der Waals surface area contributed by atoms with Crippen molar-refractivity contribution < 1.29 is 8.42 Å². The van der Waals surface area contributed by atoms with E-state index < -0.39 is 10.0 Å². The molecule has 0 saturated heterocycles. The van der Waals surface area contributed by atoms with Crippen LogP contribution in [0.5, 0.6) is 0 Å². The lowest BCUT2D eigenvalue weighted by Gasteiger charge is -2.14. The van der Waals surface area contributed by atoms with E-state index in [1.54, 1.807) is 0 Å². The van der Waals surface area contributed by atoms with Crippen LogP contribution in [0.2, 0.25) is 0 Å². The van der Waals surface area contributed by atoms with Crippen LogP contribution in [-0.2, 0) is 22.2 Å². The molecule has 0 atom stereocenters. The molecule has 0 radical (unpaired) electrons. The molecule has 0 aromatic heterocycles. The summed E-state index contributed by atoms with van der Waals surface area (Å²) in [6.45, 7) is 0.982. The van der Waals surface area contributed by atoms with E-state index in [4.69, 9.17) is 0 Å². The quantitative estimate of drug-likeness (QED) is 0.944. The average molecular weight is 302 g/mol. The minimum absolute atomic E-state index is 0.0131. The van der Waals surface area contributed by atoms with Crippen LogP contribution in [0, 0.1) is 0 Å². The third-order valence-electron chi connectivity index (χ3n) is 3.69. The highest BCUT2D eigenvalue weighted by molar-refractivity contribution is 7.91. The predicted molar refractivity (Wildman–Crippen MR) is 86.1 cm³/mol.